The van der Waals surface area contributed by atoms with Crippen LogP contribution in [-0.2, 0) is 0 Å². The number of oxazole rings is 1. The van der Waals surface area contributed by atoms with Gasteiger partial charge in [0, 0.05) is 31.4 Å². The fourth-order valence-corrected chi connectivity index (χ4v) is 2.74. The molecule has 22 heavy (non-hydrogen) atoms. The first-order valence-electron chi connectivity index (χ1n) is 7.67. The van der Waals surface area contributed by atoms with Crippen molar-refractivity contribution < 1.29 is 9.21 Å². The smallest absolute Gasteiger partial charge is 0.273 e. The maximum atomic E-state index is 12.1. The predicted octanol–water partition coefficient (Wildman–Crippen LogP) is 3.08. The van der Waals surface area contributed by atoms with Crippen molar-refractivity contribution in [2.24, 2.45) is 0 Å². The van der Waals surface area contributed by atoms with Crippen LogP contribution in [0.15, 0.2) is 34.9 Å². The molecule has 0 unspecified atom stereocenters. The minimum atomic E-state index is -0.146. The van der Waals surface area contributed by atoms with Gasteiger partial charge in [-0.25, -0.2) is 4.98 Å². The van der Waals surface area contributed by atoms with Crippen molar-refractivity contribution in [2.45, 2.75) is 31.7 Å². The summed E-state index contributed by atoms with van der Waals surface area (Å²) in [4.78, 5) is 18.5. The van der Waals surface area contributed by atoms with Gasteiger partial charge in [-0.15, -0.1) is 0 Å². The van der Waals surface area contributed by atoms with Gasteiger partial charge in [0.05, 0.1) is 0 Å². The quantitative estimate of drug-likeness (QED) is 0.942. The first-order valence-corrected chi connectivity index (χ1v) is 7.67. The molecule has 1 aromatic carbocycles. The van der Waals surface area contributed by atoms with Crippen LogP contribution in [-0.4, -0.2) is 31.0 Å². The van der Waals surface area contributed by atoms with Crippen molar-refractivity contribution in [1.82, 2.24) is 10.3 Å². The molecule has 1 heterocycles. The minimum absolute atomic E-state index is 0.146. The third-order valence-electron chi connectivity index (χ3n) is 4.06. The Morgan fingerprint density at radius 1 is 1.23 bits per heavy atom. The van der Waals surface area contributed by atoms with Crippen LogP contribution in [0.5, 0.6) is 0 Å². The van der Waals surface area contributed by atoms with Crippen molar-refractivity contribution in [3.63, 3.8) is 0 Å². The number of rotatable bonds is 4. The van der Waals surface area contributed by atoms with Crippen LogP contribution in [0.1, 0.15) is 36.2 Å². The highest BCUT2D eigenvalue weighted by molar-refractivity contribution is 5.92. The van der Waals surface area contributed by atoms with E-state index in [1.165, 1.54) is 19.1 Å². The van der Waals surface area contributed by atoms with Crippen molar-refractivity contribution in [1.29, 1.82) is 0 Å². The Morgan fingerprint density at radius 3 is 2.55 bits per heavy atom. The van der Waals surface area contributed by atoms with Gasteiger partial charge in [-0.3, -0.25) is 4.79 Å². The van der Waals surface area contributed by atoms with Gasteiger partial charge < -0.3 is 14.6 Å². The summed E-state index contributed by atoms with van der Waals surface area (Å²) in [6, 6.07) is 8.17. The second-order valence-corrected chi connectivity index (χ2v) is 5.93. The summed E-state index contributed by atoms with van der Waals surface area (Å²) in [7, 11) is 3.98. The Kier molecular flexibility index (Phi) is 4.13. The highest BCUT2D eigenvalue weighted by Crippen LogP contribution is 2.22. The highest BCUT2D eigenvalue weighted by Gasteiger charge is 2.20. The maximum absolute atomic E-state index is 12.1. The molecule has 1 aromatic heterocycles. The van der Waals surface area contributed by atoms with Crippen LogP contribution in [0, 0.1) is 0 Å². The van der Waals surface area contributed by atoms with Crippen LogP contribution in [0.4, 0.5) is 5.69 Å². The molecule has 0 atom stereocenters. The van der Waals surface area contributed by atoms with Crippen LogP contribution in [0.3, 0.4) is 0 Å². The number of nitrogens with zero attached hydrogens (tertiary/aromatic N) is 2. The fraction of sp³-hybridized carbons (Fsp3) is 0.412. The summed E-state index contributed by atoms with van der Waals surface area (Å²) in [6.45, 7) is 0. The first kappa shape index (κ1) is 14.6. The number of amides is 1. The number of carbonyl (C=O) groups excluding carboxylic acids is 1. The average molecular weight is 299 g/mol. The standard InChI is InChI=1S/C17H21N3O2/c1-20(2)14-9-7-12(8-10-14)17-19-15(11-22-17)16(21)18-13-5-3-4-6-13/h7-11,13H,3-6H2,1-2H3,(H,18,21). The normalized spacial score (nSPS) is 15.0. The minimum Gasteiger partial charge on any atom is -0.444 e. The van der Waals surface area contributed by atoms with Crippen molar-refractivity contribution >= 4 is 11.6 Å². The van der Waals surface area contributed by atoms with Gasteiger partial charge >= 0.3 is 0 Å². The van der Waals surface area contributed by atoms with E-state index < -0.39 is 0 Å². The van der Waals surface area contributed by atoms with E-state index in [1.54, 1.807) is 0 Å². The molecule has 0 radical (unpaired) electrons. The Labute approximate surface area is 130 Å². The molecule has 1 fully saturated rings. The lowest BCUT2D eigenvalue weighted by atomic mass is 10.2. The number of aromatic nitrogens is 1. The maximum Gasteiger partial charge on any atom is 0.273 e. The van der Waals surface area contributed by atoms with Crippen molar-refractivity contribution in [2.75, 3.05) is 19.0 Å². The Balaban J connectivity index is 1.71. The number of nitrogens with one attached hydrogen (secondary N) is 1. The van der Waals surface area contributed by atoms with E-state index in [2.05, 4.69) is 10.3 Å². The Hall–Kier alpha value is -2.30. The second-order valence-electron chi connectivity index (χ2n) is 5.93. The highest BCUT2D eigenvalue weighted by atomic mass is 16.3. The van der Waals surface area contributed by atoms with Crippen molar-refractivity contribution in [3.05, 3.63) is 36.2 Å². The molecule has 2 aromatic rings. The molecular weight excluding hydrogens is 278 g/mol. The number of anilines is 1. The molecule has 0 spiro atoms. The summed E-state index contributed by atoms with van der Waals surface area (Å²) >= 11 is 0. The molecule has 3 rings (SSSR count). The van der Waals surface area contributed by atoms with Gasteiger partial charge in [-0.05, 0) is 37.1 Å². The molecule has 0 bridgehead atoms. The molecule has 5 heteroatoms. The first-order chi connectivity index (χ1) is 10.6. The summed E-state index contributed by atoms with van der Waals surface area (Å²) < 4.78 is 5.45. The van der Waals surface area contributed by atoms with Gasteiger partial charge in [-0.1, -0.05) is 12.8 Å². The summed E-state index contributed by atoms with van der Waals surface area (Å²) in [5, 5.41) is 3.02. The summed E-state index contributed by atoms with van der Waals surface area (Å²) in [6.07, 6.45) is 5.92. The van der Waals surface area contributed by atoms with E-state index in [1.807, 2.05) is 43.3 Å². The molecule has 0 saturated heterocycles. The average Bonchev–Trinajstić information content (AvgIpc) is 3.18. The van der Waals surface area contributed by atoms with Gasteiger partial charge in [0.15, 0.2) is 5.69 Å². The number of hydrogen-bond acceptors (Lipinski definition) is 4. The zero-order valence-electron chi connectivity index (χ0n) is 13.0. The molecular formula is C17H21N3O2. The molecule has 116 valence electrons. The monoisotopic (exact) mass is 299 g/mol. The molecule has 1 amide bonds. The van der Waals surface area contributed by atoms with Gasteiger partial charge in [-0.2, -0.15) is 0 Å². The molecule has 0 aliphatic heterocycles. The summed E-state index contributed by atoms with van der Waals surface area (Å²) in [5.74, 6) is 0.327. The van der Waals surface area contributed by atoms with Crippen LogP contribution in [0.25, 0.3) is 11.5 Å². The zero-order valence-corrected chi connectivity index (χ0v) is 13.0. The zero-order chi connectivity index (χ0) is 15.5. The van der Waals surface area contributed by atoms with E-state index in [-0.39, 0.29) is 11.9 Å². The fourth-order valence-electron chi connectivity index (χ4n) is 2.74. The van der Waals surface area contributed by atoms with Crippen LogP contribution < -0.4 is 10.2 Å². The van der Waals surface area contributed by atoms with E-state index in [0.717, 1.165) is 24.1 Å². The van der Waals surface area contributed by atoms with Gasteiger partial charge in [0.25, 0.3) is 5.91 Å². The third kappa shape index (κ3) is 3.13. The molecule has 1 aliphatic rings. The van der Waals surface area contributed by atoms with Crippen molar-refractivity contribution in [3.8, 4) is 11.5 Å². The van der Waals surface area contributed by atoms with Crippen LogP contribution >= 0.6 is 0 Å². The SMILES string of the molecule is CN(C)c1ccc(-c2nc(C(=O)NC3CCCC3)co2)cc1. The van der Waals surface area contributed by atoms with E-state index >= 15 is 0 Å². The lowest BCUT2D eigenvalue weighted by Crippen LogP contribution is -2.32. The lowest BCUT2D eigenvalue weighted by molar-refractivity contribution is 0.0933. The molecule has 5 nitrogen and oxygen atoms in total. The lowest BCUT2D eigenvalue weighted by Gasteiger charge is -2.11. The number of carbonyl (C=O) groups is 1. The van der Waals surface area contributed by atoms with Gasteiger partial charge in [0.1, 0.15) is 6.26 Å². The van der Waals surface area contributed by atoms with E-state index in [0.29, 0.717) is 11.6 Å². The Bertz CT molecular complexity index is 640. The van der Waals surface area contributed by atoms with E-state index in [9.17, 15) is 4.79 Å². The number of benzene rings is 1. The second kappa shape index (κ2) is 6.22. The number of hydrogen-bond donors (Lipinski definition) is 1. The largest absolute Gasteiger partial charge is 0.444 e. The predicted molar refractivity (Wildman–Crippen MR) is 86.0 cm³/mol. The molecule has 1 N–H and O–H groups in total. The Morgan fingerprint density at radius 2 is 1.91 bits per heavy atom. The van der Waals surface area contributed by atoms with Crippen LogP contribution in [0.2, 0.25) is 0 Å². The van der Waals surface area contributed by atoms with Gasteiger partial charge in [0.2, 0.25) is 5.89 Å². The topological polar surface area (TPSA) is 58.4 Å². The summed E-state index contributed by atoms with van der Waals surface area (Å²) in [5.41, 5.74) is 2.32. The third-order valence-corrected chi connectivity index (χ3v) is 4.06. The van der Waals surface area contributed by atoms with E-state index in [4.69, 9.17) is 4.42 Å². The molecule has 1 aliphatic carbocycles. The molecule has 1 saturated carbocycles.